The minimum absolute atomic E-state index is 0.00164. The van der Waals surface area contributed by atoms with Crippen molar-refractivity contribution in [2.75, 3.05) is 12.4 Å². The minimum atomic E-state index is -3.19. The van der Waals surface area contributed by atoms with Gasteiger partial charge in [0.15, 0.2) is 0 Å². The number of carboxylic acids is 1. The first-order valence-electron chi connectivity index (χ1n) is 7.58. The van der Waals surface area contributed by atoms with Gasteiger partial charge in [-0.3, -0.25) is 4.79 Å². The van der Waals surface area contributed by atoms with Gasteiger partial charge in [-0.1, -0.05) is 24.3 Å². The van der Waals surface area contributed by atoms with Gasteiger partial charge in [0, 0.05) is 25.0 Å². The standard InChI is InChI=1S/C17H15F2N3O2/c1-20-14-21-6-11(7-22-14)10-2-4-12(5-3-10)15-8-16(9-15,13(23)24)17(15,18)19/h2-7H,8-9H2,1H3,(H,23,24)(H,20,21,22). The van der Waals surface area contributed by atoms with Crippen molar-refractivity contribution in [1.82, 2.24) is 9.97 Å². The molecule has 3 fully saturated rings. The molecule has 5 nitrogen and oxygen atoms in total. The van der Waals surface area contributed by atoms with Crippen LogP contribution in [0.4, 0.5) is 14.7 Å². The number of benzene rings is 1. The third-order valence-electron chi connectivity index (χ3n) is 5.46. The smallest absolute Gasteiger partial charge is 0.315 e. The summed E-state index contributed by atoms with van der Waals surface area (Å²) in [6.45, 7) is 0. The van der Waals surface area contributed by atoms with Crippen LogP contribution in [0.25, 0.3) is 11.1 Å². The number of carbonyl (C=O) groups is 1. The fraction of sp³-hybridized carbons (Fsp3) is 0.353. The van der Waals surface area contributed by atoms with Crippen LogP contribution in [0.15, 0.2) is 36.7 Å². The molecular formula is C17H15F2N3O2. The molecule has 2 bridgehead atoms. The Morgan fingerprint density at radius 3 is 2.17 bits per heavy atom. The molecule has 0 spiro atoms. The van der Waals surface area contributed by atoms with E-state index >= 15 is 0 Å². The van der Waals surface area contributed by atoms with Crippen LogP contribution in [-0.2, 0) is 10.2 Å². The van der Waals surface area contributed by atoms with Gasteiger partial charge in [-0.15, -0.1) is 0 Å². The van der Waals surface area contributed by atoms with E-state index in [-0.39, 0.29) is 12.8 Å². The number of anilines is 1. The van der Waals surface area contributed by atoms with E-state index in [1.165, 1.54) is 0 Å². The summed E-state index contributed by atoms with van der Waals surface area (Å²) < 4.78 is 28.7. The normalized spacial score (nSPS) is 29.3. The fourth-order valence-corrected chi connectivity index (χ4v) is 3.93. The lowest BCUT2D eigenvalue weighted by Gasteiger charge is -2.73. The van der Waals surface area contributed by atoms with E-state index < -0.39 is 22.7 Å². The molecule has 0 saturated heterocycles. The van der Waals surface area contributed by atoms with Gasteiger partial charge in [-0.25, -0.2) is 18.7 Å². The highest BCUT2D eigenvalue weighted by atomic mass is 19.3. The molecule has 0 amide bonds. The number of rotatable bonds is 4. The quantitative estimate of drug-likeness (QED) is 0.901. The van der Waals surface area contributed by atoms with Crippen LogP contribution in [0.1, 0.15) is 18.4 Å². The number of aliphatic carboxylic acids is 1. The number of aromatic nitrogens is 2. The maximum absolute atomic E-state index is 14.3. The molecule has 7 heteroatoms. The highest BCUT2D eigenvalue weighted by Gasteiger charge is 2.91. The molecule has 0 aliphatic heterocycles. The van der Waals surface area contributed by atoms with Crippen LogP contribution < -0.4 is 5.32 Å². The Kier molecular flexibility index (Phi) is 2.81. The molecule has 5 rings (SSSR count). The number of carboxylic acid groups (broad SMARTS) is 1. The predicted octanol–water partition coefficient (Wildman–Crippen LogP) is 2.94. The third kappa shape index (κ3) is 1.54. The summed E-state index contributed by atoms with van der Waals surface area (Å²) in [5, 5.41) is 11.9. The summed E-state index contributed by atoms with van der Waals surface area (Å²) in [6.07, 6.45) is 3.31. The van der Waals surface area contributed by atoms with Gasteiger partial charge in [0.05, 0.1) is 5.41 Å². The zero-order chi connectivity index (χ0) is 17.2. The largest absolute Gasteiger partial charge is 0.481 e. The van der Waals surface area contributed by atoms with Crippen molar-refractivity contribution in [2.24, 2.45) is 5.41 Å². The average molecular weight is 331 g/mol. The van der Waals surface area contributed by atoms with Crippen LogP contribution in [0.3, 0.4) is 0 Å². The zero-order valence-corrected chi connectivity index (χ0v) is 12.9. The van der Waals surface area contributed by atoms with Crippen LogP contribution in [0.5, 0.6) is 0 Å². The number of hydrogen-bond acceptors (Lipinski definition) is 4. The third-order valence-corrected chi connectivity index (χ3v) is 5.46. The number of nitrogens with zero attached hydrogens (tertiary/aromatic N) is 2. The number of alkyl halides is 2. The second-order valence-corrected chi connectivity index (χ2v) is 6.52. The van der Waals surface area contributed by atoms with E-state index in [4.69, 9.17) is 5.11 Å². The molecule has 0 atom stereocenters. The fourth-order valence-electron chi connectivity index (χ4n) is 3.93. The Hall–Kier alpha value is -2.57. The first kappa shape index (κ1) is 15.0. The number of nitrogens with one attached hydrogen (secondary N) is 1. The van der Waals surface area contributed by atoms with Crippen LogP contribution >= 0.6 is 0 Å². The topological polar surface area (TPSA) is 75.1 Å². The van der Waals surface area contributed by atoms with Gasteiger partial charge in [-0.05, 0) is 24.0 Å². The Morgan fingerprint density at radius 1 is 1.12 bits per heavy atom. The highest BCUT2D eigenvalue weighted by Crippen LogP contribution is 2.81. The van der Waals surface area contributed by atoms with E-state index in [1.54, 1.807) is 43.7 Å². The highest BCUT2D eigenvalue weighted by molar-refractivity contribution is 5.84. The molecule has 2 aromatic rings. The van der Waals surface area contributed by atoms with Gasteiger partial charge in [0.25, 0.3) is 5.92 Å². The molecule has 1 aromatic carbocycles. The van der Waals surface area contributed by atoms with E-state index in [9.17, 15) is 13.6 Å². The van der Waals surface area contributed by atoms with Crippen LogP contribution in [0, 0.1) is 5.41 Å². The summed E-state index contributed by atoms with van der Waals surface area (Å²) in [6, 6.07) is 6.80. The lowest BCUT2D eigenvalue weighted by Crippen LogP contribution is -2.83. The van der Waals surface area contributed by atoms with E-state index in [1.807, 2.05) is 0 Å². The monoisotopic (exact) mass is 331 g/mol. The first-order chi connectivity index (χ1) is 11.4. The lowest BCUT2D eigenvalue weighted by molar-refractivity contribution is -0.357. The van der Waals surface area contributed by atoms with Crippen molar-refractivity contribution >= 4 is 11.9 Å². The van der Waals surface area contributed by atoms with E-state index in [0.717, 1.165) is 11.1 Å². The predicted molar refractivity (Wildman–Crippen MR) is 82.9 cm³/mol. The Labute approximate surface area is 136 Å². The summed E-state index contributed by atoms with van der Waals surface area (Å²) in [7, 11) is 1.72. The summed E-state index contributed by atoms with van der Waals surface area (Å²) in [4.78, 5) is 19.4. The summed E-state index contributed by atoms with van der Waals surface area (Å²) >= 11 is 0. The maximum atomic E-state index is 14.3. The molecule has 1 heterocycles. The van der Waals surface area contributed by atoms with E-state index in [2.05, 4.69) is 15.3 Å². The van der Waals surface area contributed by atoms with E-state index in [0.29, 0.717) is 11.5 Å². The summed E-state index contributed by atoms with van der Waals surface area (Å²) in [5.74, 6) is -4.08. The number of halogens is 2. The molecule has 3 aliphatic rings. The van der Waals surface area contributed by atoms with Crippen LogP contribution in [0.2, 0.25) is 0 Å². The number of hydrogen-bond donors (Lipinski definition) is 2. The molecule has 0 unspecified atom stereocenters. The SMILES string of the molecule is CNc1ncc(-c2ccc(C34CC(C(=O)O)(C3)C4(F)F)cc2)cn1. The minimum Gasteiger partial charge on any atom is -0.481 e. The van der Waals surface area contributed by atoms with Crippen molar-refractivity contribution in [3.05, 3.63) is 42.2 Å². The summed E-state index contributed by atoms with van der Waals surface area (Å²) in [5.41, 5.74) is -1.08. The van der Waals surface area contributed by atoms with Gasteiger partial charge < -0.3 is 10.4 Å². The second-order valence-electron chi connectivity index (χ2n) is 6.52. The van der Waals surface area contributed by atoms with Gasteiger partial charge >= 0.3 is 5.97 Å². The first-order valence-corrected chi connectivity index (χ1v) is 7.58. The van der Waals surface area contributed by atoms with Gasteiger partial charge in [-0.2, -0.15) is 0 Å². The Balaban J connectivity index is 1.61. The van der Waals surface area contributed by atoms with Crippen molar-refractivity contribution in [2.45, 2.75) is 24.2 Å². The molecule has 2 N–H and O–H groups in total. The zero-order valence-electron chi connectivity index (χ0n) is 12.9. The van der Waals surface area contributed by atoms with Crippen molar-refractivity contribution < 1.29 is 18.7 Å². The molecule has 3 saturated carbocycles. The van der Waals surface area contributed by atoms with Crippen LogP contribution in [-0.4, -0.2) is 34.0 Å². The lowest BCUT2D eigenvalue weighted by atomic mass is 9.30. The van der Waals surface area contributed by atoms with Crippen molar-refractivity contribution in [3.8, 4) is 11.1 Å². The molecular weight excluding hydrogens is 316 g/mol. The Morgan fingerprint density at radius 2 is 1.71 bits per heavy atom. The second kappa shape index (κ2) is 4.49. The molecule has 0 radical (unpaired) electrons. The molecule has 3 aliphatic carbocycles. The van der Waals surface area contributed by atoms with Crippen molar-refractivity contribution in [1.29, 1.82) is 0 Å². The molecule has 1 aromatic heterocycles. The average Bonchev–Trinajstić information content (AvgIpc) is 2.54. The maximum Gasteiger partial charge on any atom is 0.315 e. The van der Waals surface area contributed by atoms with Gasteiger partial charge in [0.1, 0.15) is 5.41 Å². The van der Waals surface area contributed by atoms with Crippen molar-refractivity contribution in [3.63, 3.8) is 0 Å². The van der Waals surface area contributed by atoms with Gasteiger partial charge in [0.2, 0.25) is 5.95 Å². The molecule has 24 heavy (non-hydrogen) atoms. The Bertz CT molecular complexity index is 813. The molecule has 124 valence electrons.